The van der Waals surface area contributed by atoms with E-state index < -0.39 is 11.9 Å². The van der Waals surface area contributed by atoms with Crippen molar-refractivity contribution in [2.45, 2.75) is 45.1 Å². The number of benzene rings is 2. The smallest absolute Gasteiger partial charge is 0.258 e. The quantitative estimate of drug-likeness (QED) is 0.357. The molecule has 1 aromatic heterocycles. The van der Waals surface area contributed by atoms with Gasteiger partial charge in [-0.1, -0.05) is 17.7 Å². The molecule has 2 saturated heterocycles. The molecule has 0 spiro atoms. The van der Waals surface area contributed by atoms with Crippen molar-refractivity contribution in [1.82, 2.24) is 15.1 Å². The number of hydrogen-bond donors (Lipinski definition) is 2. The molecule has 2 N–H and O–H groups in total. The standard InChI is InChI=1S/C29H32ClN5O4/c1-19-15-21-17-23(10-11-25(21)39-19)31-29(33-27(37)20-7-6-8-22(30)16-20)32-24-9-2-3-14-35(28(24)38)18-26(36)34-12-4-5-13-34/h6-8,10-11,15-17,24H,2-5,9,12-14,18H2,1H3,(H2,31,32,33,37)/t24-/m0/s1. The van der Waals surface area contributed by atoms with Gasteiger partial charge in [0.1, 0.15) is 17.4 Å². The summed E-state index contributed by atoms with van der Waals surface area (Å²) in [6, 6.07) is 13.3. The summed E-state index contributed by atoms with van der Waals surface area (Å²) in [5, 5.41) is 7.34. The maximum Gasteiger partial charge on any atom is 0.258 e. The summed E-state index contributed by atoms with van der Waals surface area (Å²) in [6.07, 6.45) is 4.09. The van der Waals surface area contributed by atoms with Crippen molar-refractivity contribution >= 4 is 51.9 Å². The molecule has 2 aliphatic heterocycles. The van der Waals surface area contributed by atoms with Crippen molar-refractivity contribution in [1.29, 1.82) is 0 Å². The third kappa shape index (κ3) is 6.60. The van der Waals surface area contributed by atoms with E-state index in [0.29, 0.717) is 29.2 Å². The largest absolute Gasteiger partial charge is 0.461 e. The average Bonchev–Trinajstić information content (AvgIpc) is 3.54. The predicted octanol–water partition coefficient (Wildman–Crippen LogP) is 4.60. The number of furan rings is 1. The third-order valence-electron chi connectivity index (χ3n) is 7.04. The van der Waals surface area contributed by atoms with Crippen molar-refractivity contribution in [3.63, 3.8) is 0 Å². The second-order valence-electron chi connectivity index (χ2n) is 10.0. The Balaban J connectivity index is 1.40. The molecule has 0 saturated carbocycles. The van der Waals surface area contributed by atoms with E-state index in [0.717, 1.165) is 55.5 Å². The number of nitrogens with one attached hydrogen (secondary N) is 2. The van der Waals surface area contributed by atoms with Crippen LogP contribution >= 0.6 is 11.6 Å². The molecule has 1 atom stereocenters. The SMILES string of the molecule is Cc1cc2cc(NC(=N[C@H]3CCCCN(CC(=O)N4CCCC4)C3=O)NC(=O)c3cccc(Cl)c3)ccc2o1. The Morgan fingerprint density at radius 3 is 2.64 bits per heavy atom. The van der Waals surface area contributed by atoms with Crippen LogP contribution in [0.25, 0.3) is 11.0 Å². The summed E-state index contributed by atoms with van der Waals surface area (Å²) in [5.41, 5.74) is 1.79. The number of nitrogens with zero attached hydrogens (tertiary/aromatic N) is 3. The first-order valence-electron chi connectivity index (χ1n) is 13.3. The summed E-state index contributed by atoms with van der Waals surface area (Å²) in [4.78, 5) is 47.6. The van der Waals surface area contributed by atoms with E-state index in [-0.39, 0.29) is 24.3 Å². The Morgan fingerprint density at radius 2 is 1.85 bits per heavy atom. The topological polar surface area (TPSA) is 107 Å². The summed E-state index contributed by atoms with van der Waals surface area (Å²) in [6.45, 7) is 3.93. The van der Waals surface area contributed by atoms with E-state index in [1.54, 1.807) is 29.2 Å². The zero-order valence-electron chi connectivity index (χ0n) is 21.9. The molecular weight excluding hydrogens is 518 g/mol. The van der Waals surface area contributed by atoms with E-state index in [1.807, 2.05) is 36.1 Å². The minimum absolute atomic E-state index is 0.0261. The zero-order valence-corrected chi connectivity index (χ0v) is 22.7. The molecule has 0 unspecified atom stereocenters. The number of aryl methyl sites for hydroxylation is 1. The van der Waals surface area contributed by atoms with Gasteiger partial charge in [-0.15, -0.1) is 0 Å². The normalized spacial score (nSPS) is 18.4. The first-order chi connectivity index (χ1) is 18.9. The number of rotatable bonds is 5. The van der Waals surface area contributed by atoms with Crippen LogP contribution in [0.15, 0.2) is 57.9 Å². The lowest BCUT2D eigenvalue weighted by Gasteiger charge is -2.25. The number of fused-ring (bicyclic) bond motifs is 1. The summed E-state index contributed by atoms with van der Waals surface area (Å²) >= 11 is 6.09. The lowest BCUT2D eigenvalue weighted by Crippen LogP contribution is -2.45. The Morgan fingerprint density at radius 1 is 1.05 bits per heavy atom. The van der Waals surface area contributed by atoms with Gasteiger partial charge in [-0.05, 0) is 81.5 Å². The van der Waals surface area contributed by atoms with E-state index in [4.69, 9.17) is 21.0 Å². The van der Waals surface area contributed by atoms with Crippen molar-refractivity contribution in [3.05, 3.63) is 64.9 Å². The van der Waals surface area contributed by atoms with Gasteiger partial charge in [0.05, 0.1) is 6.54 Å². The number of likely N-dealkylation sites (tertiary alicyclic amines) is 2. The fraction of sp³-hybridized carbons (Fsp3) is 0.379. The highest BCUT2D eigenvalue weighted by Gasteiger charge is 2.30. The highest BCUT2D eigenvalue weighted by molar-refractivity contribution is 6.31. The molecule has 5 rings (SSSR count). The molecule has 0 radical (unpaired) electrons. The van der Waals surface area contributed by atoms with E-state index >= 15 is 0 Å². The Bertz CT molecular complexity index is 1410. The Hall–Kier alpha value is -3.85. The molecule has 3 aromatic rings. The lowest BCUT2D eigenvalue weighted by atomic mass is 10.1. The Labute approximate surface area is 232 Å². The van der Waals surface area contributed by atoms with E-state index in [2.05, 4.69) is 10.6 Å². The first kappa shape index (κ1) is 26.7. The van der Waals surface area contributed by atoms with Crippen LogP contribution in [0.4, 0.5) is 5.69 Å². The molecule has 204 valence electrons. The fourth-order valence-corrected chi connectivity index (χ4v) is 5.23. The van der Waals surface area contributed by atoms with Gasteiger partial charge in [-0.25, -0.2) is 4.99 Å². The minimum Gasteiger partial charge on any atom is -0.461 e. The second kappa shape index (κ2) is 11.9. The number of guanidine groups is 1. The maximum atomic E-state index is 13.5. The number of anilines is 1. The fourth-order valence-electron chi connectivity index (χ4n) is 5.04. The molecular formula is C29H32ClN5O4. The molecule has 9 nitrogen and oxygen atoms in total. The minimum atomic E-state index is -0.735. The third-order valence-corrected chi connectivity index (χ3v) is 7.28. The maximum absolute atomic E-state index is 13.5. The van der Waals surface area contributed by atoms with Gasteiger partial charge in [0.2, 0.25) is 17.8 Å². The van der Waals surface area contributed by atoms with Crippen LogP contribution in [-0.4, -0.2) is 65.7 Å². The average molecular weight is 550 g/mol. The predicted molar refractivity (Wildman–Crippen MR) is 151 cm³/mol. The number of amides is 3. The van der Waals surface area contributed by atoms with Gasteiger partial charge in [-0.3, -0.25) is 19.7 Å². The van der Waals surface area contributed by atoms with Crippen molar-refractivity contribution in [2.75, 3.05) is 31.5 Å². The van der Waals surface area contributed by atoms with Crippen LogP contribution in [0.3, 0.4) is 0 Å². The van der Waals surface area contributed by atoms with Gasteiger partial charge in [0.15, 0.2) is 0 Å². The monoisotopic (exact) mass is 549 g/mol. The van der Waals surface area contributed by atoms with Gasteiger partial charge < -0.3 is 19.5 Å². The summed E-state index contributed by atoms with van der Waals surface area (Å²) < 4.78 is 5.67. The van der Waals surface area contributed by atoms with Crippen LogP contribution in [0.1, 0.15) is 48.2 Å². The van der Waals surface area contributed by atoms with Crippen molar-refractivity contribution < 1.29 is 18.8 Å². The van der Waals surface area contributed by atoms with Crippen LogP contribution in [0, 0.1) is 6.92 Å². The van der Waals surface area contributed by atoms with E-state index in [9.17, 15) is 14.4 Å². The van der Waals surface area contributed by atoms with Crippen molar-refractivity contribution in [3.8, 4) is 0 Å². The van der Waals surface area contributed by atoms with Gasteiger partial charge >= 0.3 is 0 Å². The summed E-state index contributed by atoms with van der Waals surface area (Å²) in [5.74, 6) is 0.286. The molecule has 2 aromatic carbocycles. The first-order valence-corrected chi connectivity index (χ1v) is 13.7. The van der Waals surface area contributed by atoms with Gasteiger partial charge in [-0.2, -0.15) is 0 Å². The Kier molecular flexibility index (Phi) is 8.16. The van der Waals surface area contributed by atoms with Crippen LogP contribution in [0.2, 0.25) is 5.02 Å². The number of carbonyl (C=O) groups is 3. The molecule has 0 bridgehead atoms. The van der Waals surface area contributed by atoms with Crippen LogP contribution < -0.4 is 10.6 Å². The summed E-state index contributed by atoms with van der Waals surface area (Å²) in [7, 11) is 0. The van der Waals surface area contributed by atoms with Gasteiger partial charge in [0.25, 0.3) is 5.91 Å². The molecule has 3 amide bonds. The lowest BCUT2D eigenvalue weighted by molar-refractivity contribution is -0.140. The molecule has 2 fully saturated rings. The van der Waals surface area contributed by atoms with Gasteiger partial charge in [0, 0.05) is 41.3 Å². The van der Waals surface area contributed by atoms with Crippen LogP contribution in [-0.2, 0) is 9.59 Å². The number of hydrogen-bond acceptors (Lipinski definition) is 5. The second-order valence-corrected chi connectivity index (χ2v) is 10.5. The number of carbonyl (C=O) groups excluding carboxylic acids is 3. The molecule has 10 heteroatoms. The molecule has 2 aliphatic rings. The van der Waals surface area contributed by atoms with Crippen molar-refractivity contribution in [2.24, 2.45) is 4.99 Å². The molecule has 0 aliphatic carbocycles. The molecule has 39 heavy (non-hydrogen) atoms. The number of aliphatic imine (C=N–C) groups is 1. The number of halogens is 1. The molecule has 3 heterocycles. The zero-order chi connectivity index (χ0) is 27.4. The van der Waals surface area contributed by atoms with Crippen LogP contribution in [0.5, 0.6) is 0 Å². The highest BCUT2D eigenvalue weighted by atomic mass is 35.5. The highest BCUT2D eigenvalue weighted by Crippen LogP contribution is 2.23. The van der Waals surface area contributed by atoms with E-state index in [1.165, 1.54) is 0 Å².